The fourth-order valence-electron chi connectivity index (χ4n) is 3.55. The Kier molecular flexibility index (Phi) is 5.76. The van der Waals surface area contributed by atoms with Gasteiger partial charge in [0.25, 0.3) is 0 Å². The quantitative estimate of drug-likeness (QED) is 0.821. The van der Waals surface area contributed by atoms with Crippen molar-refractivity contribution in [1.29, 1.82) is 0 Å². The van der Waals surface area contributed by atoms with Gasteiger partial charge in [-0.3, -0.25) is 4.79 Å². The summed E-state index contributed by atoms with van der Waals surface area (Å²) in [4.78, 5) is 28.4. The summed E-state index contributed by atoms with van der Waals surface area (Å²) in [7, 11) is 0. The van der Waals surface area contributed by atoms with Crippen molar-refractivity contribution in [2.75, 3.05) is 13.1 Å². The molecule has 132 valence electrons. The highest BCUT2D eigenvalue weighted by atomic mass is 32.1. The van der Waals surface area contributed by atoms with Crippen molar-refractivity contribution >= 4 is 23.3 Å². The van der Waals surface area contributed by atoms with E-state index in [2.05, 4.69) is 16.7 Å². The second-order valence-electron chi connectivity index (χ2n) is 6.73. The van der Waals surface area contributed by atoms with Crippen LogP contribution in [-0.2, 0) is 24.2 Å². The molecule has 24 heavy (non-hydrogen) atoms. The molecule has 5 nitrogen and oxygen atoms in total. The smallest absolute Gasteiger partial charge is 0.315 e. The molecular weight excluding hydrogens is 322 g/mol. The molecule has 1 aromatic heterocycles. The lowest BCUT2D eigenvalue weighted by Crippen LogP contribution is -2.43. The van der Waals surface area contributed by atoms with Crippen molar-refractivity contribution in [3.8, 4) is 0 Å². The van der Waals surface area contributed by atoms with Crippen LogP contribution in [0.3, 0.4) is 0 Å². The Bertz CT molecular complexity index is 576. The van der Waals surface area contributed by atoms with E-state index in [4.69, 9.17) is 0 Å². The molecule has 2 aliphatic rings. The first-order chi connectivity index (χ1) is 11.7. The zero-order valence-corrected chi connectivity index (χ0v) is 15.2. The van der Waals surface area contributed by atoms with Crippen LogP contribution >= 0.6 is 11.3 Å². The fourth-order valence-corrected chi connectivity index (χ4v) is 4.75. The molecule has 1 saturated heterocycles. The van der Waals surface area contributed by atoms with Gasteiger partial charge in [-0.2, -0.15) is 0 Å². The number of urea groups is 1. The van der Waals surface area contributed by atoms with Crippen molar-refractivity contribution in [2.45, 2.75) is 64.5 Å². The van der Waals surface area contributed by atoms with Crippen LogP contribution in [0.4, 0.5) is 4.79 Å². The Labute approximate surface area is 147 Å². The third-order valence-electron chi connectivity index (χ3n) is 4.90. The van der Waals surface area contributed by atoms with Crippen LogP contribution in [0.2, 0.25) is 0 Å². The summed E-state index contributed by atoms with van der Waals surface area (Å²) in [5.41, 5.74) is 1.49. The van der Waals surface area contributed by atoms with E-state index in [-0.39, 0.29) is 18.0 Å². The molecule has 0 aromatic carbocycles. The highest BCUT2D eigenvalue weighted by Crippen LogP contribution is 2.28. The Morgan fingerprint density at radius 2 is 2.12 bits per heavy atom. The molecule has 1 aliphatic heterocycles. The molecule has 1 atom stereocenters. The number of hydrogen-bond donors (Lipinski definition) is 2. The van der Waals surface area contributed by atoms with E-state index in [1.165, 1.54) is 47.4 Å². The van der Waals surface area contributed by atoms with Crippen LogP contribution in [0.15, 0.2) is 6.07 Å². The second kappa shape index (κ2) is 8.01. The van der Waals surface area contributed by atoms with Crippen molar-refractivity contribution in [3.05, 3.63) is 21.4 Å². The average Bonchev–Trinajstić information content (AvgIpc) is 3.14. The van der Waals surface area contributed by atoms with E-state index in [1.54, 1.807) is 0 Å². The van der Waals surface area contributed by atoms with Crippen LogP contribution in [0, 0.1) is 0 Å². The van der Waals surface area contributed by atoms with Crippen molar-refractivity contribution < 1.29 is 9.59 Å². The van der Waals surface area contributed by atoms with Crippen LogP contribution in [-0.4, -0.2) is 36.0 Å². The summed E-state index contributed by atoms with van der Waals surface area (Å²) in [5, 5.41) is 5.96. The lowest BCUT2D eigenvalue weighted by molar-refractivity contribution is -0.129. The zero-order chi connectivity index (χ0) is 16.9. The van der Waals surface area contributed by atoms with E-state index in [9.17, 15) is 9.59 Å². The second-order valence-corrected chi connectivity index (χ2v) is 7.95. The Morgan fingerprint density at radius 3 is 2.96 bits per heavy atom. The Morgan fingerprint density at radius 1 is 1.29 bits per heavy atom. The van der Waals surface area contributed by atoms with Gasteiger partial charge in [0.2, 0.25) is 5.91 Å². The number of hydrogen-bond acceptors (Lipinski definition) is 3. The largest absolute Gasteiger partial charge is 0.341 e. The molecule has 0 saturated carbocycles. The van der Waals surface area contributed by atoms with Gasteiger partial charge in [-0.05, 0) is 43.7 Å². The summed E-state index contributed by atoms with van der Waals surface area (Å²) in [6.07, 6.45) is 7.64. The number of fused-ring (bicyclic) bond motifs is 1. The van der Waals surface area contributed by atoms with Gasteiger partial charge in [0, 0.05) is 35.3 Å². The predicted molar refractivity (Wildman–Crippen MR) is 96.2 cm³/mol. The van der Waals surface area contributed by atoms with E-state index in [0.717, 1.165) is 13.0 Å². The molecule has 0 bridgehead atoms. The van der Waals surface area contributed by atoms with Crippen LogP contribution in [0.5, 0.6) is 0 Å². The molecule has 1 aliphatic carbocycles. The van der Waals surface area contributed by atoms with Crippen molar-refractivity contribution in [3.63, 3.8) is 0 Å². The molecule has 6 heteroatoms. The number of nitrogens with one attached hydrogen (secondary N) is 2. The maximum atomic E-state index is 12.1. The van der Waals surface area contributed by atoms with Crippen LogP contribution < -0.4 is 10.6 Å². The SMILES string of the molecule is CCC(=O)N1CC[C@@H](NC(=O)NCc2cc3c(s2)CCCCC3)C1. The van der Waals surface area contributed by atoms with Gasteiger partial charge < -0.3 is 15.5 Å². The molecule has 2 N–H and O–H groups in total. The summed E-state index contributed by atoms with van der Waals surface area (Å²) < 4.78 is 0. The highest BCUT2D eigenvalue weighted by Gasteiger charge is 2.26. The first-order valence-corrected chi connectivity index (χ1v) is 9.90. The number of nitrogens with zero attached hydrogens (tertiary/aromatic N) is 1. The van der Waals surface area contributed by atoms with Crippen molar-refractivity contribution in [2.24, 2.45) is 0 Å². The lowest BCUT2D eigenvalue weighted by atomic mass is 10.1. The number of carbonyl (C=O) groups is 2. The summed E-state index contributed by atoms with van der Waals surface area (Å²) >= 11 is 1.85. The molecule has 2 heterocycles. The maximum absolute atomic E-state index is 12.1. The van der Waals surface area contributed by atoms with E-state index >= 15 is 0 Å². The van der Waals surface area contributed by atoms with Gasteiger partial charge in [-0.15, -0.1) is 11.3 Å². The number of thiophene rings is 1. The molecule has 1 fully saturated rings. The zero-order valence-electron chi connectivity index (χ0n) is 14.4. The number of aryl methyl sites for hydroxylation is 2. The standard InChI is InChI=1S/C18H27N3O2S/c1-2-17(22)21-9-8-14(12-21)20-18(23)19-11-15-10-13-6-4-3-5-7-16(13)24-15/h10,14H,2-9,11-12H2,1H3,(H2,19,20,23)/t14-/m1/s1. The Hall–Kier alpha value is -1.56. The number of carbonyl (C=O) groups excluding carboxylic acids is 2. The number of rotatable bonds is 4. The van der Waals surface area contributed by atoms with Crippen molar-refractivity contribution in [1.82, 2.24) is 15.5 Å². The molecule has 0 unspecified atom stereocenters. The topological polar surface area (TPSA) is 61.4 Å². The molecular formula is C18H27N3O2S. The first kappa shape index (κ1) is 17.3. The summed E-state index contributed by atoms with van der Waals surface area (Å²) in [5.74, 6) is 0.166. The first-order valence-electron chi connectivity index (χ1n) is 9.08. The van der Waals surface area contributed by atoms with E-state index < -0.39 is 0 Å². The summed E-state index contributed by atoms with van der Waals surface area (Å²) in [6.45, 7) is 3.84. The highest BCUT2D eigenvalue weighted by molar-refractivity contribution is 7.12. The van der Waals surface area contributed by atoms with Gasteiger partial charge in [0.15, 0.2) is 0 Å². The van der Waals surface area contributed by atoms with E-state index in [0.29, 0.717) is 19.5 Å². The minimum Gasteiger partial charge on any atom is -0.341 e. The van der Waals surface area contributed by atoms with Gasteiger partial charge in [-0.1, -0.05) is 13.3 Å². The average molecular weight is 350 g/mol. The third kappa shape index (κ3) is 4.29. The minimum absolute atomic E-state index is 0.0700. The molecule has 0 spiro atoms. The normalized spacial score (nSPS) is 20.4. The van der Waals surface area contributed by atoms with Crippen LogP contribution in [0.25, 0.3) is 0 Å². The Balaban J connectivity index is 1.44. The van der Waals surface area contributed by atoms with Gasteiger partial charge in [0.1, 0.15) is 0 Å². The van der Waals surface area contributed by atoms with Crippen LogP contribution in [0.1, 0.15) is 54.3 Å². The molecule has 0 radical (unpaired) electrons. The summed E-state index contributed by atoms with van der Waals surface area (Å²) in [6, 6.07) is 2.21. The van der Waals surface area contributed by atoms with Gasteiger partial charge in [-0.25, -0.2) is 4.79 Å². The maximum Gasteiger partial charge on any atom is 0.315 e. The number of amides is 3. The third-order valence-corrected chi connectivity index (χ3v) is 6.14. The molecule has 1 aromatic rings. The lowest BCUT2D eigenvalue weighted by Gasteiger charge is -2.16. The van der Waals surface area contributed by atoms with Gasteiger partial charge in [0.05, 0.1) is 6.54 Å². The molecule has 3 rings (SSSR count). The van der Waals surface area contributed by atoms with E-state index in [1.807, 2.05) is 23.2 Å². The fraction of sp³-hybridized carbons (Fsp3) is 0.667. The monoisotopic (exact) mass is 349 g/mol. The molecule has 3 amide bonds. The minimum atomic E-state index is -0.130. The van der Waals surface area contributed by atoms with Gasteiger partial charge >= 0.3 is 6.03 Å². The predicted octanol–water partition coefficient (Wildman–Crippen LogP) is 2.83. The number of likely N-dealkylation sites (tertiary alicyclic amines) is 1.